The minimum Gasteiger partial charge on any atom is -0.508 e. The maximum atomic E-state index is 11.5. The molecule has 84 valence electrons. The van der Waals surface area contributed by atoms with Crippen molar-refractivity contribution in [2.24, 2.45) is 0 Å². The van der Waals surface area contributed by atoms with Gasteiger partial charge in [0.05, 0.1) is 11.4 Å². The van der Waals surface area contributed by atoms with Crippen LogP contribution in [0.2, 0.25) is 0 Å². The summed E-state index contributed by atoms with van der Waals surface area (Å²) in [6.07, 6.45) is 0.563. The Morgan fingerprint density at radius 3 is 2.67 bits per heavy atom. The SMILES string of the molecule is CCCS(=O)(=O)Nc1cc(O)ccc1C. The molecule has 0 aliphatic carbocycles. The maximum absolute atomic E-state index is 11.5. The van der Waals surface area contributed by atoms with Crippen molar-refractivity contribution in [3.8, 4) is 5.75 Å². The van der Waals surface area contributed by atoms with E-state index in [0.29, 0.717) is 12.1 Å². The summed E-state index contributed by atoms with van der Waals surface area (Å²) in [7, 11) is -3.29. The molecule has 0 aliphatic heterocycles. The second-order valence-corrected chi connectivity index (χ2v) is 5.26. The van der Waals surface area contributed by atoms with Gasteiger partial charge in [-0.25, -0.2) is 8.42 Å². The van der Waals surface area contributed by atoms with Crippen molar-refractivity contribution in [2.75, 3.05) is 10.5 Å². The molecule has 1 rings (SSSR count). The van der Waals surface area contributed by atoms with Crippen molar-refractivity contribution in [1.82, 2.24) is 0 Å². The second kappa shape index (κ2) is 4.53. The maximum Gasteiger partial charge on any atom is 0.232 e. The van der Waals surface area contributed by atoms with Crippen LogP contribution in [0, 0.1) is 6.92 Å². The van der Waals surface area contributed by atoms with Gasteiger partial charge >= 0.3 is 0 Å². The van der Waals surface area contributed by atoms with Gasteiger partial charge in [-0.15, -0.1) is 0 Å². The summed E-state index contributed by atoms with van der Waals surface area (Å²) in [6, 6.07) is 4.59. The first-order valence-electron chi connectivity index (χ1n) is 4.74. The number of aryl methyl sites for hydroxylation is 1. The summed E-state index contributed by atoms with van der Waals surface area (Å²) in [5.41, 5.74) is 1.22. The number of aromatic hydroxyl groups is 1. The fourth-order valence-electron chi connectivity index (χ4n) is 1.21. The van der Waals surface area contributed by atoms with Gasteiger partial charge in [0.1, 0.15) is 5.75 Å². The highest BCUT2D eigenvalue weighted by atomic mass is 32.2. The smallest absolute Gasteiger partial charge is 0.232 e. The molecule has 0 heterocycles. The average Bonchev–Trinajstić information content (AvgIpc) is 2.10. The molecule has 0 spiro atoms. The zero-order valence-corrected chi connectivity index (χ0v) is 9.63. The van der Waals surface area contributed by atoms with E-state index in [2.05, 4.69) is 4.72 Å². The molecule has 0 fully saturated rings. The van der Waals surface area contributed by atoms with Crippen molar-refractivity contribution in [1.29, 1.82) is 0 Å². The Hall–Kier alpha value is -1.23. The first-order valence-corrected chi connectivity index (χ1v) is 6.40. The third kappa shape index (κ3) is 3.43. The minimum atomic E-state index is -3.29. The van der Waals surface area contributed by atoms with Gasteiger partial charge in [0.2, 0.25) is 10.0 Å². The van der Waals surface area contributed by atoms with Gasteiger partial charge in [-0.1, -0.05) is 13.0 Å². The number of hydrogen-bond donors (Lipinski definition) is 2. The van der Waals surface area contributed by atoms with Gasteiger partial charge in [0.25, 0.3) is 0 Å². The van der Waals surface area contributed by atoms with Gasteiger partial charge in [-0.3, -0.25) is 4.72 Å². The summed E-state index contributed by atoms with van der Waals surface area (Å²) in [5, 5.41) is 9.23. The van der Waals surface area contributed by atoms with Gasteiger partial charge in [0, 0.05) is 6.07 Å². The van der Waals surface area contributed by atoms with Crippen LogP contribution >= 0.6 is 0 Å². The van der Waals surface area contributed by atoms with Crippen molar-refractivity contribution in [3.05, 3.63) is 23.8 Å². The first-order chi connectivity index (χ1) is 6.94. The van der Waals surface area contributed by atoms with Crippen LogP contribution in [-0.4, -0.2) is 19.3 Å². The highest BCUT2D eigenvalue weighted by molar-refractivity contribution is 7.92. The van der Waals surface area contributed by atoms with Crippen LogP contribution in [0.1, 0.15) is 18.9 Å². The van der Waals surface area contributed by atoms with E-state index < -0.39 is 10.0 Å². The molecular formula is C10H15NO3S. The lowest BCUT2D eigenvalue weighted by Gasteiger charge is -2.09. The van der Waals surface area contributed by atoms with E-state index >= 15 is 0 Å². The summed E-state index contributed by atoms with van der Waals surface area (Å²) < 4.78 is 25.4. The van der Waals surface area contributed by atoms with Crippen LogP contribution < -0.4 is 4.72 Å². The molecule has 0 unspecified atom stereocenters. The van der Waals surface area contributed by atoms with Crippen LogP contribution in [0.25, 0.3) is 0 Å². The van der Waals surface area contributed by atoms with Crippen molar-refractivity contribution in [2.45, 2.75) is 20.3 Å². The van der Waals surface area contributed by atoms with Gasteiger partial charge in [0.15, 0.2) is 0 Å². The Morgan fingerprint density at radius 1 is 1.40 bits per heavy atom. The Morgan fingerprint density at radius 2 is 2.07 bits per heavy atom. The van der Waals surface area contributed by atoms with Crippen molar-refractivity contribution < 1.29 is 13.5 Å². The molecule has 0 aliphatic rings. The molecule has 15 heavy (non-hydrogen) atoms. The molecule has 0 radical (unpaired) electrons. The van der Waals surface area contributed by atoms with Crippen LogP contribution in [-0.2, 0) is 10.0 Å². The zero-order chi connectivity index (χ0) is 11.5. The molecule has 1 aromatic carbocycles. The number of phenols is 1. The van der Waals surface area contributed by atoms with E-state index in [9.17, 15) is 13.5 Å². The number of anilines is 1. The lowest BCUT2D eigenvalue weighted by atomic mass is 10.2. The quantitative estimate of drug-likeness (QED) is 0.828. The van der Waals surface area contributed by atoms with E-state index in [-0.39, 0.29) is 11.5 Å². The molecule has 0 saturated heterocycles. The van der Waals surface area contributed by atoms with Crippen LogP contribution in [0.15, 0.2) is 18.2 Å². The highest BCUT2D eigenvalue weighted by Crippen LogP contribution is 2.21. The Bertz CT molecular complexity index is 440. The Balaban J connectivity index is 2.94. The topological polar surface area (TPSA) is 66.4 Å². The Kier molecular flexibility index (Phi) is 3.57. The van der Waals surface area contributed by atoms with Gasteiger partial charge in [-0.2, -0.15) is 0 Å². The predicted octanol–water partition coefficient (Wildman–Crippen LogP) is 1.85. The lowest BCUT2D eigenvalue weighted by Crippen LogP contribution is -2.16. The number of benzene rings is 1. The van der Waals surface area contributed by atoms with E-state index in [4.69, 9.17) is 0 Å². The average molecular weight is 229 g/mol. The number of phenolic OH excluding ortho intramolecular Hbond substituents is 1. The standard InChI is InChI=1S/C10H15NO3S/c1-3-6-15(13,14)11-10-7-9(12)5-4-8(10)2/h4-5,7,11-12H,3,6H2,1-2H3. The number of sulfonamides is 1. The largest absolute Gasteiger partial charge is 0.508 e. The van der Waals surface area contributed by atoms with E-state index in [1.807, 2.05) is 0 Å². The minimum absolute atomic E-state index is 0.0507. The predicted molar refractivity (Wildman–Crippen MR) is 60.5 cm³/mol. The second-order valence-electron chi connectivity index (χ2n) is 3.42. The fourth-order valence-corrected chi connectivity index (χ4v) is 2.40. The summed E-state index contributed by atoms with van der Waals surface area (Å²) >= 11 is 0. The molecule has 0 saturated carbocycles. The molecule has 1 aromatic rings. The van der Waals surface area contributed by atoms with Crippen molar-refractivity contribution in [3.63, 3.8) is 0 Å². The van der Waals surface area contributed by atoms with Gasteiger partial charge in [-0.05, 0) is 25.0 Å². The number of rotatable bonds is 4. The molecule has 0 aromatic heterocycles. The number of hydrogen-bond acceptors (Lipinski definition) is 3. The molecule has 5 heteroatoms. The van der Waals surface area contributed by atoms with Crippen molar-refractivity contribution >= 4 is 15.7 Å². The summed E-state index contributed by atoms with van der Waals surface area (Å²) in [4.78, 5) is 0. The molecule has 0 atom stereocenters. The molecule has 0 amide bonds. The van der Waals surface area contributed by atoms with Gasteiger partial charge < -0.3 is 5.11 Å². The van der Waals surface area contributed by atoms with E-state index in [1.165, 1.54) is 12.1 Å². The number of nitrogens with one attached hydrogen (secondary N) is 1. The zero-order valence-electron chi connectivity index (χ0n) is 8.82. The molecular weight excluding hydrogens is 214 g/mol. The molecule has 0 bridgehead atoms. The highest BCUT2D eigenvalue weighted by Gasteiger charge is 2.10. The fraction of sp³-hybridized carbons (Fsp3) is 0.400. The lowest BCUT2D eigenvalue weighted by molar-refractivity contribution is 0.475. The third-order valence-corrected chi connectivity index (χ3v) is 3.44. The normalized spacial score (nSPS) is 11.3. The summed E-state index contributed by atoms with van der Waals surface area (Å²) in [5.74, 6) is 0.136. The molecule has 2 N–H and O–H groups in total. The van der Waals surface area contributed by atoms with Crippen LogP contribution in [0.3, 0.4) is 0 Å². The van der Waals surface area contributed by atoms with E-state index in [1.54, 1.807) is 19.9 Å². The van der Waals surface area contributed by atoms with Crippen LogP contribution in [0.4, 0.5) is 5.69 Å². The van der Waals surface area contributed by atoms with E-state index in [0.717, 1.165) is 5.56 Å². The summed E-state index contributed by atoms with van der Waals surface area (Å²) in [6.45, 7) is 3.58. The third-order valence-electron chi connectivity index (χ3n) is 1.96. The Labute approximate surface area is 90.0 Å². The van der Waals surface area contributed by atoms with Crippen LogP contribution in [0.5, 0.6) is 5.75 Å². The first kappa shape index (κ1) is 11.8. The monoisotopic (exact) mass is 229 g/mol. The molecule has 4 nitrogen and oxygen atoms in total.